The van der Waals surface area contributed by atoms with Gasteiger partial charge in [0, 0.05) is 11.6 Å². The predicted octanol–water partition coefficient (Wildman–Crippen LogP) is 2.83. The van der Waals surface area contributed by atoms with Gasteiger partial charge in [0.25, 0.3) is 0 Å². The molecule has 0 radical (unpaired) electrons. The first-order valence-electron chi connectivity index (χ1n) is 5.18. The summed E-state index contributed by atoms with van der Waals surface area (Å²) >= 11 is 0. The standard InChI is InChI=1S/C11H17NO/c1-2-12-7-4-3-5-11(12)10-6-8-13-9-10/h6,8-9,11H,2-5,7H2,1H3/t11-/m1/s1. The number of rotatable bonds is 2. The van der Waals surface area contributed by atoms with Crippen LogP contribution in [0.2, 0.25) is 0 Å². The second-order valence-electron chi connectivity index (χ2n) is 3.70. The van der Waals surface area contributed by atoms with Crippen molar-refractivity contribution in [3.8, 4) is 0 Å². The molecule has 1 aromatic rings. The highest BCUT2D eigenvalue weighted by Crippen LogP contribution is 2.30. The van der Waals surface area contributed by atoms with Crippen molar-refractivity contribution < 1.29 is 4.42 Å². The summed E-state index contributed by atoms with van der Waals surface area (Å²) in [6.45, 7) is 4.63. The molecule has 0 aromatic carbocycles. The summed E-state index contributed by atoms with van der Waals surface area (Å²) in [5.41, 5.74) is 1.35. The summed E-state index contributed by atoms with van der Waals surface area (Å²) < 4.78 is 5.13. The van der Waals surface area contributed by atoms with Crippen molar-refractivity contribution in [1.29, 1.82) is 0 Å². The summed E-state index contributed by atoms with van der Waals surface area (Å²) in [7, 11) is 0. The molecule has 1 aliphatic heterocycles. The minimum Gasteiger partial charge on any atom is -0.472 e. The molecule has 0 aliphatic carbocycles. The topological polar surface area (TPSA) is 16.4 Å². The number of furan rings is 1. The van der Waals surface area contributed by atoms with Crippen molar-refractivity contribution in [3.05, 3.63) is 24.2 Å². The molecule has 0 saturated carbocycles. The Morgan fingerprint density at radius 3 is 3.15 bits per heavy atom. The molecule has 2 nitrogen and oxygen atoms in total. The highest BCUT2D eigenvalue weighted by atomic mass is 16.3. The van der Waals surface area contributed by atoms with E-state index < -0.39 is 0 Å². The van der Waals surface area contributed by atoms with Gasteiger partial charge in [-0.05, 0) is 32.0 Å². The van der Waals surface area contributed by atoms with Crippen molar-refractivity contribution in [1.82, 2.24) is 4.90 Å². The van der Waals surface area contributed by atoms with Crippen LogP contribution in [0.4, 0.5) is 0 Å². The van der Waals surface area contributed by atoms with Crippen molar-refractivity contribution in [2.75, 3.05) is 13.1 Å². The molecule has 1 aliphatic rings. The van der Waals surface area contributed by atoms with Gasteiger partial charge in [-0.3, -0.25) is 4.90 Å². The lowest BCUT2D eigenvalue weighted by molar-refractivity contribution is 0.156. The van der Waals surface area contributed by atoms with Gasteiger partial charge in [0.15, 0.2) is 0 Å². The summed E-state index contributed by atoms with van der Waals surface area (Å²) in [6.07, 6.45) is 7.65. The highest BCUT2D eigenvalue weighted by molar-refractivity contribution is 5.12. The molecule has 1 aromatic heterocycles. The largest absolute Gasteiger partial charge is 0.472 e. The lowest BCUT2D eigenvalue weighted by Crippen LogP contribution is -2.32. The van der Waals surface area contributed by atoms with Crippen LogP contribution in [-0.2, 0) is 0 Å². The molecule has 1 fully saturated rings. The van der Waals surface area contributed by atoms with Crippen LogP contribution in [-0.4, -0.2) is 18.0 Å². The van der Waals surface area contributed by atoms with E-state index in [1.165, 1.54) is 31.4 Å². The molecule has 2 rings (SSSR count). The van der Waals surface area contributed by atoms with Crippen LogP contribution in [0, 0.1) is 0 Å². The average Bonchev–Trinajstić information content (AvgIpc) is 2.70. The van der Waals surface area contributed by atoms with Crippen LogP contribution in [0.5, 0.6) is 0 Å². The van der Waals surface area contributed by atoms with Crippen molar-refractivity contribution in [3.63, 3.8) is 0 Å². The third-order valence-corrected chi connectivity index (χ3v) is 2.95. The van der Waals surface area contributed by atoms with Crippen molar-refractivity contribution in [2.24, 2.45) is 0 Å². The van der Waals surface area contributed by atoms with E-state index in [1.54, 1.807) is 6.26 Å². The highest BCUT2D eigenvalue weighted by Gasteiger charge is 2.22. The van der Waals surface area contributed by atoms with E-state index in [-0.39, 0.29) is 0 Å². The molecule has 0 amide bonds. The maximum Gasteiger partial charge on any atom is 0.0950 e. The Kier molecular flexibility index (Phi) is 2.69. The number of piperidine rings is 1. The first-order valence-corrected chi connectivity index (χ1v) is 5.18. The molecule has 0 spiro atoms. The minimum atomic E-state index is 0.609. The fourth-order valence-corrected chi connectivity index (χ4v) is 2.21. The summed E-state index contributed by atoms with van der Waals surface area (Å²) in [4.78, 5) is 2.54. The van der Waals surface area contributed by atoms with Crippen LogP contribution < -0.4 is 0 Å². The third kappa shape index (κ3) is 1.78. The Bertz CT molecular complexity index is 243. The normalized spacial score (nSPS) is 24.8. The van der Waals surface area contributed by atoms with Crippen LogP contribution in [0.25, 0.3) is 0 Å². The maximum absolute atomic E-state index is 5.13. The molecular formula is C11H17NO. The van der Waals surface area contributed by atoms with Crippen LogP contribution in [0.3, 0.4) is 0 Å². The number of hydrogen-bond acceptors (Lipinski definition) is 2. The Balaban J connectivity index is 2.11. The zero-order valence-corrected chi connectivity index (χ0v) is 8.20. The molecule has 1 saturated heterocycles. The first kappa shape index (κ1) is 8.82. The van der Waals surface area contributed by atoms with Gasteiger partial charge in [0.05, 0.1) is 12.5 Å². The Morgan fingerprint density at radius 2 is 2.46 bits per heavy atom. The number of hydrogen-bond donors (Lipinski definition) is 0. The molecule has 2 heteroatoms. The van der Waals surface area contributed by atoms with Gasteiger partial charge in [0.2, 0.25) is 0 Å². The molecule has 0 N–H and O–H groups in total. The molecule has 13 heavy (non-hydrogen) atoms. The van der Waals surface area contributed by atoms with E-state index in [2.05, 4.69) is 17.9 Å². The summed E-state index contributed by atoms with van der Waals surface area (Å²) in [5.74, 6) is 0. The first-order chi connectivity index (χ1) is 6.42. The second kappa shape index (κ2) is 3.97. The van der Waals surface area contributed by atoms with E-state index in [9.17, 15) is 0 Å². The van der Waals surface area contributed by atoms with E-state index >= 15 is 0 Å². The number of likely N-dealkylation sites (tertiary alicyclic amines) is 1. The SMILES string of the molecule is CCN1CCCC[C@@H]1c1ccoc1. The van der Waals surface area contributed by atoms with E-state index in [4.69, 9.17) is 4.42 Å². The average molecular weight is 179 g/mol. The Labute approximate surface area is 79.5 Å². The lowest BCUT2D eigenvalue weighted by Gasteiger charge is -2.34. The summed E-state index contributed by atoms with van der Waals surface area (Å²) in [5, 5.41) is 0. The molecule has 0 unspecified atom stereocenters. The van der Waals surface area contributed by atoms with Crippen LogP contribution in [0.15, 0.2) is 23.0 Å². The van der Waals surface area contributed by atoms with Gasteiger partial charge >= 0.3 is 0 Å². The quantitative estimate of drug-likeness (QED) is 0.694. The lowest BCUT2D eigenvalue weighted by atomic mass is 9.97. The molecule has 2 heterocycles. The van der Waals surface area contributed by atoms with Gasteiger partial charge in [-0.25, -0.2) is 0 Å². The monoisotopic (exact) mass is 179 g/mol. The van der Waals surface area contributed by atoms with Gasteiger partial charge in [-0.15, -0.1) is 0 Å². The number of nitrogens with zero attached hydrogens (tertiary/aromatic N) is 1. The van der Waals surface area contributed by atoms with E-state index in [0.717, 1.165) is 6.54 Å². The molecular weight excluding hydrogens is 162 g/mol. The fraction of sp³-hybridized carbons (Fsp3) is 0.636. The van der Waals surface area contributed by atoms with Crippen molar-refractivity contribution in [2.45, 2.75) is 32.2 Å². The van der Waals surface area contributed by atoms with Crippen LogP contribution >= 0.6 is 0 Å². The summed E-state index contributed by atoms with van der Waals surface area (Å²) in [6, 6.07) is 2.70. The van der Waals surface area contributed by atoms with Crippen LogP contribution in [0.1, 0.15) is 37.8 Å². The van der Waals surface area contributed by atoms with Gasteiger partial charge in [-0.2, -0.15) is 0 Å². The van der Waals surface area contributed by atoms with Gasteiger partial charge < -0.3 is 4.42 Å². The van der Waals surface area contributed by atoms with Gasteiger partial charge in [0.1, 0.15) is 0 Å². The molecule has 1 atom stereocenters. The smallest absolute Gasteiger partial charge is 0.0950 e. The van der Waals surface area contributed by atoms with Crippen molar-refractivity contribution >= 4 is 0 Å². The second-order valence-corrected chi connectivity index (χ2v) is 3.70. The minimum absolute atomic E-state index is 0.609. The fourth-order valence-electron chi connectivity index (χ4n) is 2.21. The zero-order valence-electron chi connectivity index (χ0n) is 8.20. The molecule has 72 valence electrons. The predicted molar refractivity (Wildman–Crippen MR) is 52.5 cm³/mol. The molecule has 0 bridgehead atoms. The Hall–Kier alpha value is -0.760. The van der Waals surface area contributed by atoms with E-state index in [0.29, 0.717) is 6.04 Å². The zero-order chi connectivity index (χ0) is 9.10. The third-order valence-electron chi connectivity index (χ3n) is 2.95. The Morgan fingerprint density at radius 1 is 1.54 bits per heavy atom. The maximum atomic E-state index is 5.13. The van der Waals surface area contributed by atoms with Gasteiger partial charge in [-0.1, -0.05) is 13.3 Å². The van der Waals surface area contributed by atoms with E-state index in [1.807, 2.05) is 6.26 Å².